The zero-order valence-electron chi connectivity index (χ0n) is 65.5. The number of esters is 1. The van der Waals surface area contributed by atoms with Crippen LogP contribution >= 0.6 is 0 Å². The highest BCUT2D eigenvalue weighted by Crippen LogP contribution is 2.24. The number of ether oxygens (including phenoxy) is 2. The van der Waals surface area contributed by atoms with Gasteiger partial charge in [0.15, 0.2) is 5.96 Å². The number of para-hydroxylation sites is 1. The highest BCUT2D eigenvalue weighted by atomic mass is 16.6. The second-order valence-electron chi connectivity index (χ2n) is 29.0. The van der Waals surface area contributed by atoms with E-state index in [1.807, 2.05) is 25.1 Å². The predicted molar refractivity (Wildman–Crippen MR) is 423 cm³/mol. The molecule has 34 nitrogen and oxygen atoms in total. The molecule has 10 atom stereocenters. The Morgan fingerprint density at radius 1 is 0.673 bits per heavy atom. The van der Waals surface area contributed by atoms with Crippen molar-refractivity contribution in [1.82, 2.24) is 73.0 Å². The van der Waals surface area contributed by atoms with Crippen LogP contribution in [0.4, 0.5) is 0 Å². The second kappa shape index (κ2) is 51.6. The fourth-order valence-electron chi connectivity index (χ4n) is 13.6. The maximum absolute atomic E-state index is 15.2. The van der Waals surface area contributed by atoms with Gasteiger partial charge in [-0.1, -0.05) is 152 Å². The standard InChI is InChI=1S/C79H122N18O16/c1-3-5-7-8-9-10-11-12-13-14-15-16-20-33-66(100)85-39-41-112-42-43-113-68(102)49-88-61(46-54-48-83-51-89-54)73(106)96-64(50-98)76(109)92-58(29-6-4-2)71(104)93-60-34-35-67(101)84-37-24-23-31-57(70(80)103)90-75(108)63(45-53-47-87-56-30-22-21-28-55(53)56)94-72(105)59(32-25-38-86-79(81)82)91-74(107)62(44-52-26-18-17-19-27-52)95-77(110)69-65(99)36-40-97(69)78(60)111/h17-19,21-22,26-28,30,47-48,51,57-65,69,87-88,98-99H,3-16,20,23-25,29,31-46,49-50H2,1-2H3,(H2,80,103)(H,83,89)(H,84,101)(H,85,100)(H,90,108)(H,91,107)(H,92,109)(H,93,104)(H,94,105)(H,95,110)(H,96,106)(H4,81,82,86)/t57-,58-,59-,60-,61-,62+,63-,64-,65-,69-/m0/s1. The molecule has 2 aliphatic rings. The van der Waals surface area contributed by atoms with Crippen LogP contribution in [0.1, 0.15) is 191 Å². The molecule has 2 aromatic carbocycles. The van der Waals surface area contributed by atoms with E-state index in [1.165, 1.54) is 76.7 Å². The number of carbonyl (C=O) groups excluding carboxylic acids is 12. The molecule has 0 saturated carbocycles. The monoisotopic (exact) mass is 1580 g/mol. The number of nitrogens with zero attached hydrogens (tertiary/aromatic N) is 3. The van der Waals surface area contributed by atoms with Gasteiger partial charge in [0.1, 0.15) is 54.9 Å². The van der Waals surface area contributed by atoms with Crippen LogP contribution in [0.2, 0.25) is 0 Å². The van der Waals surface area contributed by atoms with E-state index >= 15 is 4.79 Å². The lowest BCUT2D eigenvalue weighted by atomic mass is 10.0. The molecule has 4 aromatic rings. The molecule has 0 spiro atoms. The van der Waals surface area contributed by atoms with Crippen molar-refractivity contribution in [3.05, 3.63) is 90.1 Å². The van der Waals surface area contributed by atoms with Crippen LogP contribution in [0.15, 0.2) is 78.3 Å². The van der Waals surface area contributed by atoms with Crippen molar-refractivity contribution in [2.75, 3.05) is 59.2 Å². The first kappa shape index (κ1) is 91.8. The highest BCUT2D eigenvalue weighted by Gasteiger charge is 2.45. The van der Waals surface area contributed by atoms with Crippen molar-refractivity contribution in [3.63, 3.8) is 0 Å². The average molecular weight is 1580 g/mol. The Hall–Kier alpha value is -10.1. The maximum atomic E-state index is 15.2. The van der Waals surface area contributed by atoms with E-state index in [2.05, 4.69) is 80.0 Å². The number of nitrogens with two attached hydrogens (primary N) is 3. The Morgan fingerprint density at radius 2 is 1.32 bits per heavy atom. The number of guanidine groups is 1. The minimum atomic E-state index is -1.71. The quantitative estimate of drug-likeness (QED) is 0.0128. The summed E-state index contributed by atoms with van der Waals surface area (Å²) < 4.78 is 10.9. The fraction of sp³-hybridized carbons (Fsp3) is 0.620. The molecule has 20 N–H and O–H groups in total. The van der Waals surface area contributed by atoms with Gasteiger partial charge in [-0.3, -0.25) is 67.8 Å². The van der Waals surface area contributed by atoms with Crippen LogP contribution in [0, 0.1) is 0 Å². The fourth-order valence-corrected chi connectivity index (χ4v) is 13.6. The van der Waals surface area contributed by atoms with Gasteiger partial charge in [-0.25, -0.2) is 4.98 Å². The normalized spacial score (nSPS) is 19.8. The number of aromatic amines is 2. The number of hydrogen-bond acceptors (Lipinski definition) is 19. The zero-order chi connectivity index (χ0) is 81.7. The molecular formula is C79H122N18O16. The van der Waals surface area contributed by atoms with Crippen molar-refractivity contribution in [2.45, 2.75) is 254 Å². The Balaban J connectivity index is 1.13. The number of imidazole rings is 1. The molecule has 0 aliphatic carbocycles. The number of benzene rings is 2. The van der Waals surface area contributed by atoms with Crippen molar-refractivity contribution >= 4 is 87.8 Å². The summed E-state index contributed by atoms with van der Waals surface area (Å²) in [5, 5.41) is 50.2. The van der Waals surface area contributed by atoms with Gasteiger partial charge in [0, 0.05) is 87.3 Å². The minimum Gasteiger partial charge on any atom is -0.462 e. The number of amides is 11. The Morgan fingerprint density at radius 3 is 2.01 bits per heavy atom. The van der Waals surface area contributed by atoms with Crippen LogP contribution in [-0.4, -0.2) is 227 Å². The van der Waals surface area contributed by atoms with Gasteiger partial charge >= 0.3 is 5.97 Å². The Kier molecular flexibility index (Phi) is 41.9. The highest BCUT2D eigenvalue weighted by molar-refractivity contribution is 5.99. The summed E-state index contributed by atoms with van der Waals surface area (Å²) >= 11 is 0. The number of H-pyrrole nitrogens is 2. The molecule has 2 fully saturated rings. The molecule has 0 bridgehead atoms. The number of aromatic nitrogens is 3. The second-order valence-corrected chi connectivity index (χ2v) is 29.0. The lowest BCUT2D eigenvalue weighted by Crippen LogP contribution is -2.61. The molecule has 6 rings (SSSR count). The summed E-state index contributed by atoms with van der Waals surface area (Å²) in [6.45, 7) is 2.75. The molecule has 34 heteroatoms. The number of nitrogens with one attached hydrogen (secondary N) is 12. The minimum absolute atomic E-state index is 0.000109. The van der Waals surface area contributed by atoms with Crippen molar-refractivity contribution < 1.29 is 77.2 Å². The number of fused-ring (bicyclic) bond motifs is 2. The average Bonchev–Trinajstić information content (AvgIpc) is 1.68. The topological polar surface area (TPSA) is 522 Å². The van der Waals surface area contributed by atoms with Crippen molar-refractivity contribution in [2.24, 2.45) is 22.2 Å². The third kappa shape index (κ3) is 33.7. The van der Waals surface area contributed by atoms with Crippen LogP contribution < -0.4 is 70.4 Å². The number of primary amides is 1. The van der Waals surface area contributed by atoms with E-state index in [0.717, 1.165) is 35.1 Å². The molecule has 4 heterocycles. The van der Waals surface area contributed by atoms with Crippen LogP contribution in [-0.2, 0) is 86.3 Å². The Labute approximate surface area is 660 Å². The summed E-state index contributed by atoms with van der Waals surface area (Å²) in [4.78, 5) is 185. The number of unbranched alkanes of at least 4 members (excludes halogenated alkanes) is 13. The predicted octanol–water partition coefficient (Wildman–Crippen LogP) is 1.19. The summed E-state index contributed by atoms with van der Waals surface area (Å²) in [6.07, 6.45) is 19.1. The molecule has 11 amide bonds. The number of aliphatic hydroxyl groups is 2. The largest absolute Gasteiger partial charge is 0.462 e. The lowest BCUT2D eigenvalue weighted by molar-refractivity contribution is -0.145. The van der Waals surface area contributed by atoms with E-state index in [-0.39, 0.29) is 122 Å². The zero-order valence-corrected chi connectivity index (χ0v) is 65.5. The van der Waals surface area contributed by atoms with E-state index in [1.54, 1.807) is 42.6 Å². The number of carbonyl (C=O) groups is 12. The van der Waals surface area contributed by atoms with E-state index < -0.39 is 152 Å². The molecule has 2 aliphatic heterocycles. The van der Waals surface area contributed by atoms with Gasteiger partial charge in [-0.15, -0.1) is 0 Å². The smallest absolute Gasteiger partial charge is 0.320 e. The van der Waals surface area contributed by atoms with E-state index in [4.69, 9.17) is 26.7 Å². The van der Waals surface area contributed by atoms with Crippen LogP contribution in [0.5, 0.6) is 0 Å². The molecular weight excluding hydrogens is 1460 g/mol. The molecule has 2 saturated heterocycles. The van der Waals surface area contributed by atoms with Gasteiger partial charge in [0.05, 0.1) is 44.8 Å². The third-order valence-corrected chi connectivity index (χ3v) is 20.0. The first-order valence-corrected chi connectivity index (χ1v) is 40.2. The lowest BCUT2D eigenvalue weighted by Gasteiger charge is -2.32. The Bertz CT molecular complexity index is 3650. The number of rotatable bonds is 44. The van der Waals surface area contributed by atoms with Crippen LogP contribution in [0.25, 0.3) is 10.9 Å². The van der Waals surface area contributed by atoms with Crippen molar-refractivity contribution in [1.29, 1.82) is 0 Å². The summed E-state index contributed by atoms with van der Waals surface area (Å²) in [7, 11) is 0. The molecule has 113 heavy (non-hydrogen) atoms. The SMILES string of the molecule is CCCCCCCCCCCCCCCC(=O)NCCOCCOC(=O)CN[C@@H](Cc1cnc[nH]1)C(=O)N[C@@H](CO)C(=O)N[C@@H](CCCC)C(=O)N[C@H]1CCC(=O)NCCCC[C@@H](C(N)=O)NC(=O)[C@H](Cc2c[nH]c3ccccc23)NC(=O)[C@H](CCCN=C(N)N)NC(=O)[C@@H](Cc2ccccc2)NC(=O)[C@@H]2[C@@H](O)CCN2C1=O. The van der Waals surface area contributed by atoms with Crippen molar-refractivity contribution in [3.8, 4) is 0 Å². The summed E-state index contributed by atoms with van der Waals surface area (Å²) in [5.41, 5.74) is 19.5. The molecule has 2 aromatic heterocycles. The number of aliphatic hydroxyl groups excluding tert-OH is 2. The molecule has 0 radical (unpaired) electrons. The number of aliphatic imine (C=N–C) groups is 1. The van der Waals surface area contributed by atoms with Gasteiger partial charge in [0.2, 0.25) is 65.0 Å². The van der Waals surface area contributed by atoms with Gasteiger partial charge in [0.25, 0.3) is 0 Å². The summed E-state index contributed by atoms with van der Waals surface area (Å²) in [5.74, 6) is -9.80. The first-order valence-electron chi connectivity index (χ1n) is 40.2. The third-order valence-electron chi connectivity index (χ3n) is 20.0. The number of hydrogen-bond donors (Lipinski definition) is 17. The maximum Gasteiger partial charge on any atom is 0.320 e. The first-order chi connectivity index (χ1) is 54.6. The van der Waals surface area contributed by atoms with E-state index in [9.17, 15) is 63.0 Å². The van der Waals surface area contributed by atoms with Crippen LogP contribution in [0.3, 0.4) is 0 Å². The summed E-state index contributed by atoms with van der Waals surface area (Å²) in [6, 6.07) is 2.46. The van der Waals surface area contributed by atoms with Gasteiger partial charge < -0.3 is 99.6 Å². The molecule has 624 valence electrons. The van der Waals surface area contributed by atoms with Gasteiger partial charge in [-0.2, -0.15) is 0 Å². The van der Waals surface area contributed by atoms with Gasteiger partial charge in [-0.05, 0) is 75.0 Å². The van der Waals surface area contributed by atoms with E-state index in [0.29, 0.717) is 36.1 Å². The molecule has 0 unspecified atom stereocenters.